The van der Waals surface area contributed by atoms with Gasteiger partial charge < -0.3 is 29.2 Å². The summed E-state index contributed by atoms with van der Waals surface area (Å²) < 4.78 is 35.2. The highest BCUT2D eigenvalue weighted by molar-refractivity contribution is 5.49. The van der Waals surface area contributed by atoms with Crippen LogP contribution < -0.4 is 18.9 Å². The molecule has 396 valence electrons. The van der Waals surface area contributed by atoms with E-state index in [9.17, 15) is 14.6 Å². The van der Waals surface area contributed by atoms with Crippen LogP contribution in [0.2, 0.25) is 0 Å². The maximum absolute atomic E-state index is 13.4. The van der Waals surface area contributed by atoms with Crippen LogP contribution in [0.5, 0.6) is 23.0 Å². The Labute approximate surface area is 432 Å². The fourth-order valence-corrected chi connectivity index (χ4v) is 5.70. The predicted molar refractivity (Wildman–Crippen MR) is 299 cm³/mol. The molecular formula is C60H93FN4O6. The predicted octanol–water partition coefficient (Wildman–Crippen LogP) is 18.6. The second kappa shape index (κ2) is 36.8. The lowest BCUT2D eigenvalue weighted by molar-refractivity contribution is 0.0708. The van der Waals surface area contributed by atoms with Crippen molar-refractivity contribution < 1.29 is 33.6 Å². The Hall–Kier alpha value is -6.11. The molecule has 71 heavy (non-hydrogen) atoms. The first-order valence-corrected chi connectivity index (χ1v) is 22.2. The maximum atomic E-state index is 13.4. The standard InChI is InChI=1S/2C14H19NO2.C14H19NO.C13H16FNO.5CH4/c2*1-14(2,3)9-12(16)10-17-13-7-5-11(15-4)6-8-13;1-14(2,3)10-5-11-16-13-8-6-12(15-4)7-9-13;1-13(2,3)7-8-16-12-6-5-10(15-4)9-11(12)14;;;;;/h2*5-8,12,16H,9-10H2,1-3H3;6-9H,5,10-11H2,1-3H3;5-6,9H,7-8H2,1-3H3;5*1H4/t12-;;;;;;;;/m0......../s1. The molecule has 0 spiro atoms. The Morgan fingerprint density at radius 3 is 1.06 bits per heavy atom. The van der Waals surface area contributed by atoms with Crippen LogP contribution in [0.25, 0.3) is 19.4 Å². The first-order chi connectivity index (χ1) is 30.7. The lowest BCUT2D eigenvalue weighted by Gasteiger charge is -2.22. The fraction of sp³-hybridized carbons (Fsp3) is 0.533. The van der Waals surface area contributed by atoms with Crippen molar-refractivity contribution in [2.45, 2.75) is 165 Å². The van der Waals surface area contributed by atoms with E-state index < -0.39 is 18.0 Å². The Morgan fingerprint density at radius 1 is 0.437 bits per heavy atom. The van der Waals surface area contributed by atoms with Gasteiger partial charge in [0.05, 0.1) is 51.7 Å². The summed E-state index contributed by atoms with van der Waals surface area (Å²) in [4.78, 5) is 13.1. The molecule has 0 heterocycles. The van der Waals surface area contributed by atoms with Gasteiger partial charge in [-0.2, -0.15) is 0 Å². The van der Waals surface area contributed by atoms with Gasteiger partial charge >= 0.3 is 0 Å². The Kier molecular flexibility index (Phi) is 38.3. The summed E-state index contributed by atoms with van der Waals surface area (Å²) in [7, 11) is 0. The molecule has 0 fully saturated rings. The monoisotopic (exact) mass is 985 g/mol. The van der Waals surface area contributed by atoms with E-state index >= 15 is 0 Å². The molecule has 1 unspecified atom stereocenters. The number of halogens is 1. The van der Waals surface area contributed by atoms with Crippen LogP contribution in [0.4, 0.5) is 27.1 Å². The molecule has 0 amide bonds. The lowest BCUT2D eigenvalue weighted by atomic mass is 9.89. The number of aliphatic hydroxyl groups is 2. The zero-order chi connectivity index (χ0) is 50.0. The second-order valence-corrected chi connectivity index (χ2v) is 20.7. The topological polar surface area (TPSA) is 94.8 Å². The van der Waals surface area contributed by atoms with Crippen molar-refractivity contribution in [1.29, 1.82) is 0 Å². The van der Waals surface area contributed by atoms with Gasteiger partial charge in [-0.25, -0.2) is 23.8 Å². The largest absolute Gasteiger partial charge is 0.494 e. The molecule has 2 atom stereocenters. The SMILES string of the molecule is C.C.C.C.C.[C-]#[N+]c1ccc(OCC(O)CC(C)(C)C)cc1.[C-]#[N+]c1ccc(OCCC(C)(C)C)c(F)c1.[C-]#[N+]c1ccc(OCCCC(C)(C)C)cc1.[C-]#[N+]c1ccc(OC[C@@H](O)CC(C)(C)C)cc1. The molecule has 11 heteroatoms. The highest BCUT2D eigenvalue weighted by Gasteiger charge is 2.18. The molecule has 10 nitrogen and oxygen atoms in total. The van der Waals surface area contributed by atoms with Crippen molar-refractivity contribution in [3.63, 3.8) is 0 Å². The van der Waals surface area contributed by atoms with Gasteiger partial charge in [0.2, 0.25) is 0 Å². The number of nitrogens with zero attached hydrogens (tertiary/aromatic N) is 4. The summed E-state index contributed by atoms with van der Waals surface area (Å²) in [5.41, 5.74) is 2.86. The molecule has 0 saturated heterocycles. The zero-order valence-corrected chi connectivity index (χ0v) is 41.4. The summed E-state index contributed by atoms with van der Waals surface area (Å²) in [5, 5.41) is 19.5. The molecule has 2 N–H and O–H groups in total. The van der Waals surface area contributed by atoms with E-state index in [1.165, 1.54) is 12.1 Å². The minimum Gasteiger partial charge on any atom is -0.494 e. The highest BCUT2D eigenvalue weighted by atomic mass is 19.1. The van der Waals surface area contributed by atoms with Crippen LogP contribution in [0.1, 0.15) is 152 Å². The molecule has 0 bridgehead atoms. The van der Waals surface area contributed by atoms with E-state index in [4.69, 9.17) is 45.2 Å². The van der Waals surface area contributed by atoms with Gasteiger partial charge in [-0.15, -0.1) is 0 Å². The smallest absolute Gasteiger partial charge is 0.190 e. The van der Waals surface area contributed by atoms with Crippen molar-refractivity contribution in [2.75, 3.05) is 26.4 Å². The summed E-state index contributed by atoms with van der Waals surface area (Å²) in [6.07, 6.45) is 3.56. The third-order valence-corrected chi connectivity index (χ3v) is 8.97. The van der Waals surface area contributed by atoms with Crippen LogP contribution in [-0.2, 0) is 0 Å². The molecule has 4 aromatic rings. The number of aliphatic hydroxyl groups excluding tert-OH is 2. The quantitative estimate of drug-likeness (QED) is 0.0910. The second-order valence-electron chi connectivity index (χ2n) is 20.7. The van der Waals surface area contributed by atoms with E-state index in [0.29, 0.717) is 59.1 Å². The van der Waals surface area contributed by atoms with Gasteiger partial charge in [0.1, 0.15) is 30.5 Å². The third kappa shape index (κ3) is 38.3. The molecule has 0 radical (unpaired) electrons. The van der Waals surface area contributed by atoms with Crippen LogP contribution in [0.3, 0.4) is 0 Å². The van der Waals surface area contributed by atoms with Crippen LogP contribution in [-0.4, -0.2) is 48.8 Å². The van der Waals surface area contributed by atoms with Crippen molar-refractivity contribution >= 4 is 22.7 Å². The van der Waals surface area contributed by atoms with Gasteiger partial charge in [-0.05, 0) is 102 Å². The minimum absolute atomic E-state index is 0. The average molecular weight is 985 g/mol. The van der Waals surface area contributed by atoms with Gasteiger partial charge in [-0.3, -0.25) is 0 Å². The van der Waals surface area contributed by atoms with Crippen molar-refractivity contribution in [3.05, 3.63) is 142 Å². The normalized spacial score (nSPS) is 11.1. The fourth-order valence-electron chi connectivity index (χ4n) is 5.70. The summed E-state index contributed by atoms with van der Waals surface area (Å²) in [5.74, 6) is 1.97. The zero-order valence-electron chi connectivity index (χ0n) is 41.4. The van der Waals surface area contributed by atoms with E-state index in [1.54, 1.807) is 66.7 Å². The van der Waals surface area contributed by atoms with Gasteiger partial charge in [0.15, 0.2) is 34.3 Å². The molecule has 0 saturated carbocycles. The minimum atomic E-state index is -0.470. The molecule has 0 aliphatic rings. The van der Waals surface area contributed by atoms with E-state index in [0.717, 1.165) is 31.6 Å². The molecule has 0 aromatic heterocycles. The summed E-state index contributed by atoms with van der Waals surface area (Å²) in [6.45, 7) is 54.6. The number of hydrogen-bond acceptors (Lipinski definition) is 6. The number of ether oxygens (including phenoxy) is 4. The van der Waals surface area contributed by atoms with Gasteiger partial charge in [-0.1, -0.05) is 163 Å². The van der Waals surface area contributed by atoms with E-state index in [1.807, 2.05) is 12.1 Å². The molecule has 0 aliphatic carbocycles. The average Bonchev–Trinajstić information content (AvgIpc) is 3.23. The number of rotatable bonds is 15. The highest BCUT2D eigenvalue weighted by Crippen LogP contribution is 2.27. The summed E-state index contributed by atoms with van der Waals surface area (Å²) in [6, 6.07) is 25.3. The molecule has 0 aliphatic heterocycles. The first-order valence-electron chi connectivity index (χ1n) is 22.2. The van der Waals surface area contributed by atoms with Gasteiger partial charge in [0, 0.05) is 0 Å². The maximum Gasteiger partial charge on any atom is 0.190 e. The molecular weight excluding hydrogens is 892 g/mol. The van der Waals surface area contributed by atoms with E-state index in [-0.39, 0.29) is 72.3 Å². The first kappa shape index (κ1) is 73.8. The third-order valence-electron chi connectivity index (χ3n) is 8.97. The van der Waals surface area contributed by atoms with Crippen molar-refractivity contribution in [3.8, 4) is 23.0 Å². The molecule has 4 aromatic carbocycles. The van der Waals surface area contributed by atoms with Gasteiger partial charge in [0.25, 0.3) is 0 Å². The number of benzene rings is 4. The Bertz CT molecular complexity index is 2080. The Morgan fingerprint density at radius 2 is 0.761 bits per heavy atom. The Balaban J connectivity index is -0.000000267. The summed E-state index contributed by atoms with van der Waals surface area (Å²) >= 11 is 0. The number of hydrogen-bond donors (Lipinski definition) is 2. The van der Waals surface area contributed by atoms with Crippen molar-refractivity contribution in [1.82, 2.24) is 0 Å². The van der Waals surface area contributed by atoms with Crippen LogP contribution in [0.15, 0.2) is 91.0 Å². The van der Waals surface area contributed by atoms with E-state index in [2.05, 4.69) is 102 Å². The molecule has 4 rings (SSSR count). The van der Waals surface area contributed by atoms with Crippen LogP contribution >= 0.6 is 0 Å². The van der Waals surface area contributed by atoms with Crippen molar-refractivity contribution in [2.24, 2.45) is 21.7 Å². The van der Waals surface area contributed by atoms with Crippen LogP contribution in [0, 0.1) is 53.8 Å². The lowest BCUT2D eigenvalue weighted by Crippen LogP contribution is -2.23.